The van der Waals surface area contributed by atoms with Crippen molar-refractivity contribution in [3.8, 4) is 5.75 Å². The minimum absolute atomic E-state index is 0.0148. The third-order valence-electron chi connectivity index (χ3n) is 3.62. The van der Waals surface area contributed by atoms with Crippen LogP contribution in [0.4, 0.5) is 0 Å². The third kappa shape index (κ3) is 3.61. The summed E-state index contributed by atoms with van der Waals surface area (Å²) in [5.74, 6) is 0.674. The van der Waals surface area contributed by atoms with Crippen molar-refractivity contribution in [3.05, 3.63) is 28.8 Å². The Morgan fingerprint density at radius 2 is 2.37 bits per heavy atom. The van der Waals surface area contributed by atoms with Crippen molar-refractivity contribution in [2.24, 2.45) is 5.73 Å². The zero-order valence-electron chi connectivity index (χ0n) is 11.2. The number of hydrogen-bond donors (Lipinski definition) is 2. The maximum Gasteiger partial charge on any atom is 0.137 e. The van der Waals surface area contributed by atoms with Gasteiger partial charge in [-0.1, -0.05) is 11.6 Å². The van der Waals surface area contributed by atoms with Gasteiger partial charge in [0.1, 0.15) is 11.6 Å². The first kappa shape index (κ1) is 14.2. The molecule has 4 nitrogen and oxygen atoms in total. The Kier molecular flexibility index (Phi) is 4.66. The summed E-state index contributed by atoms with van der Waals surface area (Å²) >= 11 is 6.11. The molecule has 0 aromatic heterocycles. The predicted molar refractivity (Wildman–Crippen MR) is 78.2 cm³/mol. The molecular weight excluding hydrogens is 262 g/mol. The topological polar surface area (TPSA) is 62.3 Å². The summed E-state index contributed by atoms with van der Waals surface area (Å²) in [4.78, 5) is 2.38. The van der Waals surface area contributed by atoms with Crippen LogP contribution in [0.2, 0.25) is 5.02 Å². The molecule has 1 aliphatic rings. The van der Waals surface area contributed by atoms with Gasteiger partial charge in [0.05, 0.1) is 11.6 Å². The molecule has 104 valence electrons. The highest BCUT2D eigenvalue weighted by molar-refractivity contribution is 6.32. The lowest BCUT2D eigenvalue weighted by Gasteiger charge is -2.19. The fraction of sp³-hybridized carbons (Fsp3) is 0.500. The van der Waals surface area contributed by atoms with Crippen LogP contribution in [0.5, 0.6) is 5.75 Å². The Morgan fingerprint density at radius 1 is 1.58 bits per heavy atom. The summed E-state index contributed by atoms with van der Waals surface area (Å²) in [6, 6.07) is 5.82. The average Bonchev–Trinajstić information content (AvgIpc) is 2.77. The van der Waals surface area contributed by atoms with Crippen LogP contribution in [-0.2, 0) is 0 Å². The number of nitrogen functional groups attached to an aromatic ring is 1. The van der Waals surface area contributed by atoms with Crippen molar-refractivity contribution in [1.82, 2.24) is 4.90 Å². The predicted octanol–water partition coefficient (Wildman–Crippen LogP) is 2.49. The van der Waals surface area contributed by atoms with Crippen molar-refractivity contribution >= 4 is 17.4 Å². The van der Waals surface area contributed by atoms with Gasteiger partial charge in [0.2, 0.25) is 0 Å². The van der Waals surface area contributed by atoms with Crippen molar-refractivity contribution < 1.29 is 4.74 Å². The van der Waals surface area contributed by atoms with Gasteiger partial charge in [0, 0.05) is 11.6 Å². The molecule has 1 unspecified atom stereocenters. The van der Waals surface area contributed by atoms with Crippen LogP contribution in [0.25, 0.3) is 0 Å². The highest BCUT2D eigenvalue weighted by Gasteiger charge is 2.20. The molecule has 0 spiro atoms. The molecule has 1 aromatic carbocycles. The molecule has 1 atom stereocenters. The first-order valence-corrected chi connectivity index (χ1v) is 6.92. The molecule has 2 rings (SSSR count). The van der Waals surface area contributed by atoms with Crippen LogP contribution < -0.4 is 10.5 Å². The summed E-state index contributed by atoms with van der Waals surface area (Å²) in [5.41, 5.74) is 6.03. The van der Waals surface area contributed by atoms with Crippen LogP contribution in [0.1, 0.15) is 24.8 Å². The number of amidine groups is 1. The molecule has 1 fully saturated rings. The van der Waals surface area contributed by atoms with Gasteiger partial charge in [-0.05, 0) is 51.1 Å². The molecule has 0 bridgehead atoms. The van der Waals surface area contributed by atoms with Crippen molar-refractivity contribution in [1.29, 1.82) is 5.41 Å². The van der Waals surface area contributed by atoms with E-state index < -0.39 is 0 Å². The van der Waals surface area contributed by atoms with Gasteiger partial charge < -0.3 is 15.4 Å². The fourth-order valence-corrected chi connectivity index (χ4v) is 2.67. The lowest BCUT2D eigenvalue weighted by molar-refractivity contribution is 0.233. The van der Waals surface area contributed by atoms with E-state index in [0.29, 0.717) is 29.0 Å². The summed E-state index contributed by atoms with van der Waals surface area (Å²) < 4.78 is 5.71. The van der Waals surface area contributed by atoms with E-state index in [1.807, 2.05) is 0 Å². The SMILES string of the molecule is CN1CCCC1CCOc1ccc(C(=N)N)cc1Cl. The Morgan fingerprint density at radius 3 is 2.95 bits per heavy atom. The second-order valence-corrected chi connectivity index (χ2v) is 5.38. The summed E-state index contributed by atoms with van der Waals surface area (Å²) in [6.07, 6.45) is 3.54. The number of hydrogen-bond acceptors (Lipinski definition) is 3. The van der Waals surface area contributed by atoms with E-state index in [4.69, 9.17) is 27.5 Å². The molecule has 0 aliphatic carbocycles. The van der Waals surface area contributed by atoms with Crippen LogP contribution in [0, 0.1) is 5.41 Å². The number of nitrogens with two attached hydrogens (primary N) is 1. The van der Waals surface area contributed by atoms with Gasteiger partial charge in [0.15, 0.2) is 0 Å². The number of benzene rings is 1. The molecular formula is C14H20ClN3O. The van der Waals surface area contributed by atoms with Gasteiger partial charge >= 0.3 is 0 Å². The van der Waals surface area contributed by atoms with Crippen LogP contribution in [0.3, 0.4) is 0 Å². The highest BCUT2D eigenvalue weighted by atomic mass is 35.5. The molecule has 1 aromatic rings. The molecule has 1 heterocycles. The Balaban J connectivity index is 1.87. The molecule has 1 aliphatic heterocycles. The van der Waals surface area contributed by atoms with Gasteiger partial charge in [-0.2, -0.15) is 0 Å². The summed E-state index contributed by atoms with van der Waals surface area (Å²) in [6.45, 7) is 1.84. The molecule has 0 saturated carbocycles. The van der Waals surface area contributed by atoms with Gasteiger partial charge in [-0.25, -0.2) is 0 Å². The molecule has 19 heavy (non-hydrogen) atoms. The fourth-order valence-electron chi connectivity index (χ4n) is 2.43. The number of halogens is 1. The second kappa shape index (κ2) is 6.26. The van der Waals surface area contributed by atoms with Gasteiger partial charge in [-0.3, -0.25) is 5.41 Å². The van der Waals surface area contributed by atoms with E-state index in [9.17, 15) is 0 Å². The standard InChI is InChI=1S/C14H20ClN3O/c1-18-7-2-3-11(18)6-8-19-13-5-4-10(14(16)17)9-12(13)15/h4-5,9,11H,2-3,6-8H2,1H3,(H3,16,17). The third-order valence-corrected chi connectivity index (χ3v) is 3.92. The highest BCUT2D eigenvalue weighted by Crippen LogP contribution is 2.26. The van der Waals surface area contributed by atoms with Gasteiger partial charge in [0.25, 0.3) is 0 Å². The number of likely N-dealkylation sites (tertiary alicyclic amines) is 1. The summed E-state index contributed by atoms with van der Waals surface area (Å²) in [5, 5.41) is 7.86. The van der Waals surface area contributed by atoms with E-state index >= 15 is 0 Å². The van der Waals surface area contributed by atoms with E-state index in [2.05, 4.69) is 11.9 Å². The van der Waals surface area contributed by atoms with Crippen LogP contribution in [0.15, 0.2) is 18.2 Å². The molecule has 3 N–H and O–H groups in total. The van der Waals surface area contributed by atoms with E-state index in [1.165, 1.54) is 19.4 Å². The van der Waals surface area contributed by atoms with Crippen molar-refractivity contribution in [2.45, 2.75) is 25.3 Å². The largest absolute Gasteiger partial charge is 0.492 e. The van der Waals surface area contributed by atoms with Crippen molar-refractivity contribution in [3.63, 3.8) is 0 Å². The normalized spacial score (nSPS) is 19.6. The number of ether oxygens (including phenoxy) is 1. The average molecular weight is 282 g/mol. The molecule has 5 heteroatoms. The Hall–Kier alpha value is -1.26. The lowest BCUT2D eigenvalue weighted by Crippen LogP contribution is -2.26. The van der Waals surface area contributed by atoms with Gasteiger partial charge in [-0.15, -0.1) is 0 Å². The zero-order valence-corrected chi connectivity index (χ0v) is 11.9. The van der Waals surface area contributed by atoms with E-state index in [0.717, 1.165) is 6.42 Å². The maximum absolute atomic E-state index is 7.35. The molecule has 1 saturated heterocycles. The number of nitrogens with one attached hydrogen (secondary N) is 1. The zero-order chi connectivity index (χ0) is 13.8. The first-order valence-electron chi connectivity index (χ1n) is 6.55. The lowest BCUT2D eigenvalue weighted by atomic mass is 10.1. The van der Waals surface area contributed by atoms with E-state index in [1.54, 1.807) is 18.2 Å². The minimum Gasteiger partial charge on any atom is -0.492 e. The second-order valence-electron chi connectivity index (χ2n) is 4.97. The summed E-state index contributed by atoms with van der Waals surface area (Å²) in [7, 11) is 2.16. The van der Waals surface area contributed by atoms with Crippen LogP contribution in [-0.4, -0.2) is 37.0 Å². The monoisotopic (exact) mass is 281 g/mol. The Bertz CT molecular complexity index is 464. The smallest absolute Gasteiger partial charge is 0.137 e. The van der Waals surface area contributed by atoms with Crippen LogP contribution >= 0.6 is 11.6 Å². The van der Waals surface area contributed by atoms with E-state index in [-0.39, 0.29) is 5.84 Å². The maximum atomic E-state index is 7.35. The number of nitrogens with zero attached hydrogens (tertiary/aromatic N) is 1. The van der Waals surface area contributed by atoms with Crippen molar-refractivity contribution in [2.75, 3.05) is 20.2 Å². The minimum atomic E-state index is 0.0148. The first-order chi connectivity index (χ1) is 9.08. The molecule has 0 amide bonds. The molecule has 0 radical (unpaired) electrons. The number of rotatable bonds is 5. The Labute approximate surface area is 119 Å². The quantitative estimate of drug-likeness (QED) is 0.644.